The molecular formula is C15H20FNO3. The number of carbonyl (C=O) groups excluding carboxylic acids is 1. The van der Waals surface area contributed by atoms with Crippen LogP contribution in [0, 0.1) is 24.6 Å². The lowest BCUT2D eigenvalue weighted by molar-refractivity contribution is -0.142. The Morgan fingerprint density at radius 2 is 2.00 bits per heavy atom. The molecule has 20 heavy (non-hydrogen) atoms. The highest BCUT2D eigenvalue weighted by Gasteiger charge is 2.20. The van der Waals surface area contributed by atoms with Gasteiger partial charge in [-0.05, 0) is 37.0 Å². The van der Waals surface area contributed by atoms with Crippen LogP contribution in [-0.4, -0.2) is 23.5 Å². The van der Waals surface area contributed by atoms with E-state index in [-0.39, 0.29) is 18.0 Å². The van der Waals surface area contributed by atoms with Gasteiger partial charge in [-0.2, -0.15) is 0 Å². The van der Waals surface area contributed by atoms with E-state index < -0.39 is 23.6 Å². The first kappa shape index (κ1) is 16.1. The van der Waals surface area contributed by atoms with E-state index in [1.807, 2.05) is 13.8 Å². The molecular weight excluding hydrogens is 261 g/mol. The fourth-order valence-corrected chi connectivity index (χ4v) is 1.96. The molecule has 4 nitrogen and oxygen atoms in total. The van der Waals surface area contributed by atoms with Crippen molar-refractivity contribution in [1.82, 2.24) is 5.32 Å². The molecule has 0 bridgehead atoms. The fourth-order valence-electron chi connectivity index (χ4n) is 1.96. The van der Waals surface area contributed by atoms with E-state index in [1.54, 1.807) is 13.0 Å². The normalized spacial score (nSPS) is 12.2. The fraction of sp³-hybridized carbons (Fsp3) is 0.467. The molecule has 1 aromatic carbocycles. The van der Waals surface area contributed by atoms with Crippen molar-refractivity contribution in [1.29, 1.82) is 0 Å². The molecule has 0 spiro atoms. The molecule has 110 valence electrons. The molecule has 0 saturated carbocycles. The maximum Gasteiger partial charge on any atom is 0.308 e. The predicted molar refractivity (Wildman–Crippen MR) is 74.1 cm³/mol. The molecule has 2 N–H and O–H groups in total. The van der Waals surface area contributed by atoms with Gasteiger partial charge in [-0.15, -0.1) is 0 Å². The Bertz CT molecular complexity index is 500. The predicted octanol–water partition coefficient (Wildman–Crippen LogP) is 2.61. The van der Waals surface area contributed by atoms with Crippen LogP contribution in [0.25, 0.3) is 0 Å². The highest BCUT2D eigenvalue weighted by molar-refractivity contribution is 5.94. The molecule has 1 aromatic rings. The van der Waals surface area contributed by atoms with Crippen molar-refractivity contribution in [2.75, 3.05) is 6.54 Å². The highest BCUT2D eigenvalue weighted by Crippen LogP contribution is 2.13. The van der Waals surface area contributed by atoms with E-state index >= 15 is 0 Å². The van der Waals surface area contributed by atoms with Crippen LogP contribution < -0.4 is 5.32 Å². The molecule has 1 unspecified atom stereocenters. The van der Waals surface area contributed by atoms with Gasteiger partial charge < -0.3 is 10.4 Å². The van der Waals surface area contributed by atoms with Gasteiger partial charge in [0.1, 0.15) is 5.82 Å². The molecule has 0 aromatic heterocycles. The zero-order valence-electron chi connectivity index (χ0n) is 11.9. The quantitative estimate of drug-likeness (QED) is 0.842. The zero-order valence-corrected chi connectivity index (χ0v) is 11.9. The summed E-state index contributed by atoms with van der Waals surface area (Å²) in [6.07, 6.45) is 0.464. The Morgan fingerprint density at radius 1 is 1.35 bits per heavy atom. The van der Waals surface area contributed by atoms with E-state index in [9.17, 15) is 14.0 Å². The number of benzene rings is 1. The monoisotopic (exact) mass is 281 g/mol. The van der Waals surface area contributed by atoms with E-state index in [2.05, 4.69) is 5.32 Å². The topological polar surface area (TPSA) is 66.4 Å². The number of carboxylic acids is 1. The number of carboxylic acid groups (broad SMARTS) is 1. The summed E-state index contributed by atoms with van der Waals surface area (Å²) < 4.78 is 13.6. The van der Waals surface area contributed by atoms with Crippen LogP contribution in [0.3, 0.4) is 0 Å². The van der Waals surface area contributed by atoms with Gasteiger partial charge in [-0.3, -0.25) is 9.59 Å². The Kier molecular flexibility index (Phi) is 5.67. The summed E-state index contributed by atoms with van der Waals surface area (Å²) in [7, 11) is 0. The molecule has 1 rings (SSSR count). The van der Waals surface area contributed by atoms with Gasteiger partial charge in [-0.25, -0.2) is 4.39 Å². The largest absolute Gasteiger partial charge is 0.481 e. The highest BCUT2D eigenvalue weighted by atomic mass is 19.1. The van der Waals surface area contributed by atoms with Crippen LogP contribution in [0.5, 0.6) is 0 Å². The number of amides is 1. The van der Waals surface area contributed by atoms with Crippen molar-refractivity contribution < 1.29 is 19.1 Å². The summed E-state index contributed by atoms with van der Waals surface area (Å²) >= 11 is 0. The van der Waals surface area contributed by atoms with E-state index in [4.69, 9.17) is 5.11 Å². The Balaban J connectivity index is 2.68. The third-order valence-corrected chi connectivity index (χ3v) is 2.98. The van der Waals surface area contributed by atoms with Crippen molar-refractivity contribution in [2.45, 2.75) is 27.2 Å². The van der Waals surface area contributed by atoms with Crippen molar-refractivity contribution >= 4 is 11.9 Å². The number of carbonyl (C=O) groups is 2. The summed E-state index contributed by atoms with van der Waals surface area (Å²) in [4.78, 5) is 22.9. The van der Waals surface area contributed by atoms with Crippen LogP contribution in [0.4, 0.5) is 4.39 Å². The van der Waals surface area contributed by atoms with Gasteiger partial charge in [0.05, 0.1) is 11.5 Å². The SMILES string of the molecule is Cc1ccc(C(=O)NCC(CC(C)C)C(=O)O)c(F)c1. The molecule has 0 aliphatic rings. The first-order valence-corrected chi connectivity index (χ1v) is 6.58. The number of nitrogens with one attached hydrogen (secondary N) is 1. The minimum absolute atomic E-state index is 0.000334. The number of hydrogen-bond donors (Lipinski definition) is 2. The lowest BCUT2D eigenvalue weighted by atomic mass is 9.97. The van der Waals surface area contributed by atoms with Gasteiger partial charge in [-0.1, -0.05) is 19.9 Å². The number of aryl methyl sites for hydroxylation is 1. The second-order valence-electron chi connectivity index (χ2n) is 5.36. The maximum absolute atomic E-state index is 13.6. The molecule has 0 radical (unpaired) electrons. The molecule has 0 aliphatic heterocycles. The third-order valence-electron chi connectivity index (χ3n) is 2.98. The average Bonchev–Trinajstić information content (AvgIpc) is 2.33. The average molecular weight is 281 g/mol. The zero-order chi connectivity index (χ0) is 15.3. The van der Waals surface area contributed by atoms with E-state index in [1.165, 1.54) is 12.1 Å². The number of halogens is 1. The Hall–Kier alpha value is -1.91. The lowest BCUT2D eigenvalue weighted by Crippen LogP contribution is -2.34. The van der Waals surface area contributed by atoms with Gasteiger partial charge in [0, 0.05) is 6.54 Å². The molecule has 0 saturated heterocycles. The molecule has 0 aliphatic carbocycles. The van der Waals surface area contributed by atoms with Crippen LogP contribution in [-0.2, 0) is 4.79 Å². The van der Waals surface area contributed by atoms with Crippen molar-refractivity contribution in [2.24, 2.45) is 11.8 Å². The minimum atomic E-state index is -0.955. The summed E-state index contributed by atoms with van der Waals surface area (Å²) in [6, 6.07) is 4.32. The number of rotatable bonds is 6. The third kappa shape index (κ3) is 4.64. The lowest BCUT2D eigenvalue weighted by Gasteiger charge is -2.15. The summed E-state index contributed by atoms with van der Waals surface area (Å²) in [6.45, 7) is 5.56. The van der Waals surface area contributed by atoms with Crippen LogP contribution in [0.2, 0.25) is 0 Å². The van der Waals surface area contributed by atoms with Gasteiger partial charge in [0.25, 0.3) is 5.91 Å². The van der Waals surface area contributed by atoms with Crippen LogP contribution in [0.1, 0.15) is 36.2 Å². The smallest absolute Gasteiger partial charge is 0.308 e. The van der Waals surface area contributed by atoms with E-state index in [0.717, 1.165) is 5.56 Å². The molecule has 0 fully saturated rings. The summed E-state index contributed by atoms with van der Waals surface area (Å²) in [5.74, 6) is -2.59. The van der Waals surface area contributed by atoms with Gasteiger partial charge >= 0.3 is 5.97 Å². The number of aliphatic carboxylic acids is 1. The molecule has 1 atom stereocenters. The first-order valence-electron chi connectivity index (χ1n) is 6.58. The standard InChI is InChI=1S/C15H20FNO3/c1-9(2)6-11(15(19)20)8-17-14(18)12-5-4-10(3)7-13(12)16/h4-5,7,9,11H,6,8H2,1-3H3,(H,17,18)(H,19,20). The van der Waals surface area contributed by atoms with Crippen LogP contribution in [0.15, 0.2) is 18.2 Å². The van der Waals surface area contributed by atoms with Crippen molar-refractivity contribution in [3.63, 3.8) is 0 Å². The second kappa shape index (κ2) is 7.03. The maximum atomic E-state index is 13.6. The second-order valence-corrected chi connectivity index (χ2v) is 5.36. The number of hydrogen-bond acceptors (Lipinski definition) is 2. The summed E-state index contributed by atoms with van der Waals surface area (Å²) in [5.41, 5.74) is 0.659. The minimum Gasteiger partial charge on any atom is -0.481 e. The van der Waals surface area contributed by atoms with E-state index in [0.29, 0.717) is 6.42 Å². The van der Waals surface area contributed by atoms with Gasteiger partial charge in [0.15, 0.2) is 0 Å². The Labute approximate surface area is 118 Å². The summed E-state index contributed by atoms with van der Waals surface area (Å²) in [5, 5.41) is 11.6. The Morgan fingerprint density at radius 3 is 2.50 bits per heavy atom. The molecule has 5 heteroatoms. The van der Waals surface area contributed by atoms with Gasteiger partial charge in [0.2, 0.25) is 0 Å². The molecule has 0 heterocycles. The van der Waals surface area contributed by atoms with Crippen molar-refractivity contribution in [3.8, 4) is 0 Å². The van der Waals surface area contributed by atoms with Crippen LogP contribution >= 0.6 is 0 Å². The first-order chi connectivity index (χ1) is 9.31. The molecule has 1 amide bonds. The van der Waals surface area contributed by atoms with Crippen molar-refractivity contribution in [3.05, 3.63) is 35.1 Å².